The number of aliphatic imine (C=N–C) groups is 1. The molecule has 0 spiro atoms. The molecule has 1 aliphatic rings. The number of cyclic esters (lactones) is 1. The van der Waals surface area contributed by atoms with E-state index >= 15 is 0 Å². The van der Waals surface area contributed by atoms with Crippen LogP contribution in [-0.2, 0) is 9.53 Å². The molecule has 7 heteroatoms. The predicted octanol–water partition coefficient (Wildman–Crippen LogP) is 3.20. The Balaban J connectivity index is 2.05. The average molecular weight is 357 g/mol. The first-order valence-electron chi connectivity index (χ1n) is 7.65. The van der Waals surface area contributed by atoms with E-state index < -0.39 is 11.8 Å². The molecule has 0 fully saturated rings. The van der Waals surface area contributed by atoms with Crippen molar-refractivity contribution in [1.29, 1.82) is 0 Å². The summed E-state index contributed by atoms with van der Waals surface area (Å²) < 4.78 is 34.9. The summed E-state index contributed by atoms with van der Waals surface area (Å²) in [7, 11) is 4.46. The molecule has 1 heterocycles. The van der Waals surface area contributed by atoms with Crippen molar-refractivity contribution >= 4 is 17.9 Å². The topological polar surface area (TPSA) is 66.4 Å². The molecule has 0 bridgehead atoms. The van der Waals surface area contributed by atoms with Crippen LogP contribution in [0.2, 0.25) is 0 Å². The standard InChI is InChI=1S/C19H16FNO5/c1-23-15-9-8-11(16(24-2)17(15)25-3)10-14-19(22)26-18(21-14)12-6-4-5-7-13(12)20/h4-10H,1-3H3/b14-10+. The molecule has 134 valence electrons. The summed E-state index contributed by atoms with van der Waals surface area (Å²) in [6.07, 6.45) is 1.48. The van der Waals surface area contributed by atoms with E-state index in [0.717, 1.165) is 0 Å². The summed E-state index contributed by atoms with van der Waals surface area (Å²) in [4.78, 5) is 16.2. The molecule has 0 aliphatic carbocycles. The Morgan fingerprint density at radius 2 is 1.73 bits per heavy atom. The van der Waals surface area contributed by atoms with Crippen LogP contribution in [0.4, 0.5) is 4.39 Å². The number of hydrogen-bond acceptors (Lipinski definition) is 6. The van der Waals surface area contributed by atoms with Gasteiger partial charge in [-0.05, 0) is 30.3 Å². The minimum atomic E-state index is -0.680. The Morgan fingerprint density at radius 1 is 1.00 bits per heavy atom. The van der Waals surface area contributed by atoms with Crippen LogP contribution in [0.5, 0.6) is 17.2 Å². The summed E-state index contributed by atoms with van der Waals surface area (Å²) in [6, 6.07) is 9.30. The van der Waals surface area contributed by atoms with Gasteiger partial charge in [0.25, 0.3) is 0 Å². The first-order chi connectivity index (χ1) is 12.6. The largest absolute Gasteiger partial charge is 0.493 e. The van der Waals surface area contributed by atoms with E-state index in [2.05, 4.69) is 4.99 Å². The summed E-state index contributed by atoms with van der Waals surface area (Å²) in [5.41, 5.74) is 0.674. The van der Waals surface area contributed by atoms with Gasteiger partial charge in [0.15, 0.2) is 17.2 Å². The van der Waals surface area contributed by atoms with Crippen LogP contribution in [0.1, 0.15) is 11.1 Å². The van der Waals surface area contributed by atoms with Gasteiger partial charge in [-0.2, -0.15) is 0 Å². The Kier molecular flexibility index (Phi) is 4.88. The van der Waals surface area contributed by atoms with E-state index in [0.29, 0.717) is 22.8 Å². The van der Waals surface area contributed by atoms with Crippen LogP contribution in [0.15, 0.2) is 47.1 Å². The zero-order chi connectivity index (χ0) is 18.7. The zero-order valence-corrected chi connectivity index (χ0v) is 14.4. The van der Waals surface area contributed by atoms with Crippen molar-refractivity contribution in [2.24, 2.45) is 4.99 Å². The fraction of sp³-hybridized carbons (Fsp3) is 0.158. The number of esters is 1. The highest BCUT2D eigenvalue weighted by Crippen LogP contribution is 2.40. The van der Waals surface area contributed by atoms with Crippen LogP contribution >= 0.6 is 0 Å². The molecule has 6 nitrogen and oxygen atoms in total. The monoisotopic (exact) mass is 357 g/mol. The predicted molar refractivity (Wildman–Crippen MR) is 93.1 cm³/mol. The van der Waals surface area contributed by atoms with E-state index in [-0.39, 0.29) is 17.2 Å². The smallest absolute Gasteiger partial charge is 0.363 e. The maximum Gasteiger partial charge on any atom is 0.363 e. The third kappa shape index (κ3) is 3.11. The van der Waals surface area contributed by atoms with Gasteiger partial charge in [-0.3, -0.25) is 0 Å². The van der Waals surface area contributed by atoms with Crippen LogP contribution in [-0.4, -0.2) is 33.2 Å². The maximum atomic E-state index is 13.9. The van der Waals surface area contributed by atoms with E-state index in [1.54, 1.807) is 24.3 Å². The average Bonchev–Trinajstić information content (AvgIpc) is 3.01. The first-order valence-corrected chi connectivity index (χ1v) is 7.65. The molecule has 0 saturated carbocycles. The van der Waals surface area contributed by atoms with Crippen LogP contribution in [0.25, 0.3) is 6.08 Å². The minimum Gasteiger partial charge on any atom is -0.493 e. The number of carbonyl (C=O) groups excluding carboxylic acids is 1. The van der Waals surface area contributed by atoms with E-state index in [1.165, 1.54) is 39.5 Å². The van der Waals surface area contributed by atoms with Crippen molar-refractivity contribution in [2.45, 2.75) is 0 Å². The Hall–Kier alpha value is -3.35. The molecule has 0 aromatic heterocycles. The SMILES string of the molecule is COc1ccc(/C=C2/N=C(c3ccccc3F)OC2=O)c(OC)c1OC. The lowest BCUT2D eigenvalue weighted by Gasteiger charge is -2.14. The zero-order valence-electron chi connectivity index (χ0n) is 14.4. The lowest BCUT2D eigenvalue weighted by Crippen LogP contribution is -2.07. The van der Waals surface area contributed by atoms with E-state index in [9.17, 15) is 9.18 Å². The lowest BCUT2D eigenvalue weighted by atomic mass is 10.1. The molecular weight excluding hydrogens is 341 g/mol. The maximum absolute atomic E-state index is 13.9. The van der Waals surface area contributed by atoms with Gasteiger partial charge in [-0.25, -0.2) is 14.2 Å². The van der Waals surface area contributed by atoms with Gasteiger partial charge in [0, 0.05) is 5.56 Å². The van der Waals surface area contributed by atoms with Crippen molar-refractivity contribution in [3.05, 3.63) is 59.0 Å². The number of halogens is 1. The molecule has 0 unspecified atom stereocenters. The van der Waals surface area contributed by atoms with E-state index in [1.807, 2.05) is 0 Å². The highest BCUT2D eigenvalue weighted by molar-refractivity contribution is 6.13. The van der Waals surface area contributed by atoms with Crippen molar-refractivity contribution in [1.82, 2.24) is 0 Å². The molecule has 26 heavy (non-hydrogen) atoms. The molecule has 0 amide bonds. The summed E-state index contributed by atoms with van der Waals surface area (Å²) in [5.74, 6) is -0.0466. The number of nitrogens with zero attached hydrogens (tertiary/aromatic N) is 1. The number of benzene rings is 2. The van der Waals surface area contributed by atoms with Crippen LogP contribution in [0.3, 0.4) is 0 Å². The second kappa shape index (κ2) is 7.26. The highest BCUT2D eigenvalue weighted by Gasteiger charge is 2.27. The van der Waals surface area contributed by atoms with Gasteiger partial charge in [-0.1, -0.05) is 12.1 Å². The quantitative estimate of drug-likeness (QED) is 0.607. The Labute approximate surface area is 149 Å². The number of methoxy groups -OCH3 is 3. The third-order valence-electron chi connectivity index (χ3n) is 3.75. The fourth-order valence-corrected chi connectivity index (χ4v) is 2.54. The molecule has 3 rings (SSSR count). The lowest BCUT2D eigenvalue weighted by molar-refractivity contribution is -0.129. The van der Waals surface area contributed by atoms with Gasteiger partial charge in [-0.15, -0.1) is 0 Å². The van der Waals surface area contributed by atoms with Crippen molar-refractivity contribution in [3.8, 4) is 17.2 Å². The number of ether oxygens (including phenoxy) is 4. The van der Waals surface area contributed by atoms with Crippen molar-refractivity contribution < 1.29 is 28.1 Å². The fourth-order valence-electron chi connectivity index (χ4n) is 2.54. The molecule has 1 aliphatic heterocycles. The Morgan fingerprint density at radius 3 is 2.38 bits per heavy atom. The molecule has 0 radical (unpaired) electrons. The summed E-state index contributed by atoms with van der Waals surface area (Å²) in [5, 5.41) is 0. The van der Waals surface area contributed by atoms with Gasteiger partial charge >= 0.3 is 5.97 Å². The first kappa shape index (κ1) is 17.5. The molecule has 2 aromatic rings. The van der Waals surface area contributed by atoms with Gasteiger partial charge in [0.05, 0.1) is 26.9 Å². The van der Waals surface area contributed by atoms with Crippen LogP contribution < -0.4 is 14.2 Å². The number of hydrogen-bond donors (Lipinski definition) is 0. The number of rotatable bonds is 5. The second-order valence-electron chi connectivity index (χ2n) is 5.24. The Bertz CT molecular complexity index is 920. The number of carbonyl (C=O) groups is 1. The molecule has 0 saturated heterocycles. The van der Waals surface area contributed by atoms with Gasteiger partial charge in [0.1, 0.15) is 5.82 Å². The molecule has 0 atom stereocenters. The minimum absolute atomic E-state index is 0.0220. The van der Waals surface area contributed by atoms with Gasteiger partial charge in [0.2, 0.25) is 11.6 Å². The normalized spacial score (nSPS) is 14.8. The van der Waals surface area contributed by atoms with E-state index in [4.69, 9.17) is 18.9 Å². The van der Waals surface area contributed by atoms with Crippen molar-refractivity contribution in [2.75, 3.05) is 21.3 Å². The summed E-state index contributed by atoms with van der Waals surface area (Å²) in [6.45, 7) is 0. The highest BCUT2D eigenvalue weighted by atomic mass is 19.1. The molecular formula is C19H16FNO5. The second-order valence-corrected chi connectivity index (χ2v) is 5.24. The van der Waals surface area contributed by atoms with Crippen molar-refractivity contribution in [3.63, 3.8) is 0 Å². The van der Waals surface area contributed by atoms with Gasteiger partial charge < -0.3 is 18.9 Å². The molecule has 2 aromatic carbocycles. The summed E-state index contributed by atoms with van der Waals surface area (Å²) >= 11 is 0. The molecule has 0 N–H and O–H groups in total. The van der Waals surface area contributed by atoms with Crippen LogP contribution in [0, 0.1) is 5.82 Å². The third-order valence-corrected chi connectivity index (χ3v) is 3.75.